The number of benzene rings is 2. The summed E-state index contributed by atoms with van der Waals surface area (Å²) in [4.78, 5) is 4.42. The Labute approximate surface area is 150 Å². The second-order valence-corrected chi connectivity index (χ2v) is 6.23. The van der Waals surface area contributed by atoms with E-state index < -0.39 is 11.6 Å². The summed E-state index contributed by atoms with van der Waals surface area (Å²) < 4.78 is 37.0. The minimum Gasteiger partial charge on any atom is -0.493 e. The van der Waals surface area contributed by atoms with E-state index in [1.165, 1.54) is 12.1 Å². The molecule has 0 bridgehead atoms. The first-order chi connectivity index (χ1) is 12.5. The minimum absolute atomic E-state index is 0.0268. The monoisotopic (exact) mass is 361 g/mol. The Bertz CT molecular complexity index is 800. The van der Waals surface area contributed by atoms with Crippen LogP contribution in [0.2, 0.25) is 0 Å². The summed E-state index contributed by atoms with van der Waals surface area (Å²) in [6, 6.07) is 9.00. The largest absolute Gasteiger partial charge is 0.493 e. The van der Waals surface area contributed by atoms with Crippen molar-refractivity contribution in [3.05, 3.63) is 53.6 Å². The Balaban J connectivity index is 1.60. The van der Waals surface area contributed by atoms with Crippen molar-refractivity contribution in [1.82, 2.24) is 0 Å². The van der Waals surface area contributed by atoms with Crippen LogP contribution in [0.3, 0.4) is 0 Å². The minimum atomic E-state index is -0.554. The SMILES string of the molecule is COc1ccc(NC(N)=NC2CC(c3cc(F)cc(F)c3)C2)cc1OC. The number of halogens is 2. The summed E-state index contributed by atoms with van der Waals surface area (Å²) >= 11 is 0. The van der Waals surface area contributed by atoms with E-state index in [0.29, 0.717) is 29.9 Å². The molecule has 0 radical (unpaired) electrons. The molecular weight excluding hydrogens is 340 g/mol. The number of anilines is 1. The first-order valence-corrected chi connectivity index (χ1v) is 8.26. The van der Waals surface area contributed by atoms with Gasteiger partial charge in [0.1, 0.15) is 11.6 Å². The topological polar surface area (TPSA) is 68.9 Å². The van der Waals surface area contributed by atoms with Crippen LogP contribution in [0.25, 0.3) is 0 Å². The van der Waals surface area contributed by atoms with Gasteiger partial charge in [-0.25, -0.2) is 13.8 Å². The van der Waals surface area contributed by atoms with Gasteiger partial charge in [-0.05, 0) is 48.6 Å². The van der Waals surface area contributed by atoms with Crippen LogP contribution in [0.1, 0.15) is 24.3 Å². The van der Waals surface area contributed by atoms with Crippen LogP contribution in [0.5, 0.6) is 11.5 Å². The van der Waals surface area contributed by atoms with Crippen molar-refractivity contribution in [1.29, 1.82) is 0 Å². The van der Waals surface area contributed by atoms with E-state index in [4.69, 9.17) is 15.2 Å². The standard InChI is InChI=1S/C19H21F2N3O2/c1-25-17-4-3-15(10-18(17)26-2)23-19(22)24-16-7-12(8-16)11-5-13(20)9-14(21)6-11/h3-6,9-10,12,16H,7-8H2,1-2H3,(H3,22,23,24). The predicted molar refractivity (Wildman–Crippen MR) is 96.9 cm³/mol. The lowest BCUT2D eigenvalue weighted by atomic mass is 9.76. The van der Waals surface area contributed by atoms with Crippen molar-refractivity contribution in [3.8, 4) is 11.5 Å². The molecule has 1 saturated carbocycles. The number of rotatable bonds is 5. The summed E-state index contributed by atoms with van der Waals surface area (Å²) in [7, 11) is 3.13. The van der Waals surface area contributed by atoms with E-state index >= 15 is 0 Å². The molecule has 5 nitrogen and oxygen atoms in total. The third-order valence-corrected chi connectivity index (χ3v) is 4.45. The van der Waals surface area contributed by atoms with Crippen molar-refractivity contribution in [3.63, 3.8) is 0 Å². The van der Waals surface area contributed by atoms with Crippen LogP contribution in [0.4, 0.5) is 14.5 Å². The van der Waals surface area contributed by atoms with E-state index in [2.05, 4.69) is 10.3 Å². The quantitative estimate of drug-likeness (QED) is 0.630. The molecule has 2 aromatic carbocycles. The molecule has 0 unspecified atom stereocenters. The zero-order valence-electron chi connectivity index (χ0n) is 14.6. The molecule has 1 fully saturated rings. The molecule has 1 aliphatic carbocycles. The number of nitrogens with zero attached hydrogens (tertiary/aromatic N) is 1. The smallest absolute Gasteiger partial charge is 0.193 e. The Morgan fingerprint density at radius 1 is 1.04 bits per heavy atom. The zero-order valence-corrected chi connectivity index (χ0v) is 14.6. The molecule has 138 valence electrons. The highest BCUT2D eigenvalue weighted by atomic mass is 19.1. The third-order valence-electron chi connectivity index (χ3n) is 4.45. The van der Waals surface area contributed by atoms with Gasteiger partial charge in [-0.1, -0.05) is 0 Å². The van der Waals surface area contributed by atoms with E-state index in [9.17, 15) is 8.78 Å². The third kappa shape index (κ3) is 4.04. The van der Waals surface area contributed by atoms with Gasteiger partial charge in [-0.3, -0.25) is 0 Å². The van der Waals surface area contributed by atoms with Crippen LogP contribution in [0.15, 0.2) is 41.4 Å². The molecule has 0 spiro atoms. The molecule has 0 saturated heterocycles. The van der Waals surface area contributed by atoms with Crippen LogP contribution in [0, 0.1) is 11.6 Å². The molecule has 0 aromatic heterocycles. The number of methoxy groups -OCH3 is 2. The molecule has 7 heteroatoms. The number of guanidine groups is 1. The van der Waals surface area contributed by atoms with Gasteiger partial charge < -0.3 is 20.5 Å². The van der Waals surface area contributed by atoms with Gasteiger partial charge in [0.25, 0.3) is 0 Å². The predicted octanol–water partition coefficient (Wildman–Crippen LogP) is 3.65. The first-order valence-electron chi connectivity index (χ1n) is 8.26. The van der Waals surface area contributed by atoms with Crippen LogP contribution in [-0.4, -0.2) is 26.2 Å². The summed E-state index contributed by atoms with van der Waals surface area (Å²) in [5.41, 5.74) is 7.35. The van der Waals surface area contributed by atoms with Gasteiger partial charge in [-0.15, -0.1) is 0 Å². The van der Waals surface area contributed by atoms with Crippen LogP contribution >= 0.6 is 0 Å². The molecule has 0 aliphatic heterocycles. The number of nitrogens with two attached hydrogens (primary N) is 1. The highest BCUT2D eigenvalue weighted by Crippen LogP contribution is 2.39. The fraction of sp³-hybridized carbons (Fsp3) is 0.316. The van der Waals surface area contributed by atoms with Crippen molar-refractivity contribution in [2.24, 2.45) is 10.7 Å². The Morgan fingerprint density at radius 2 is 1.69 bits per heavy atom. The first kappa shape index (κ1) is 18.0. The number of hydrogen-bond donors (Lipinski definition) is 2. The molecule has 2 aromatic rings. The van der Waals surface area contributed by atoms with Crippen LogP contribution in [-0.2, 0) is 0 Å². The van der Waals surface area contributed by atoms with E-state index in [0.717, 1.165) is 11.8 Å². The lowest BCUT2D eigenvalue weighted by molar-refractivity contribution is 0.351. The molecule has 26 heavy (non-hydrogen) atoms. The van der Waals surface area contributed by atoms with Gasteiger partial charge >= 0.3 is 0 Å². The number of aliphatic imine (C=N–C) groups is 1. The molecule has 0 atom stereocenters. The Morgan fingerprint density at radius 3 is 2.31 bits per heavy atom. The van der Waals surface area contributed by atoms with Crippen LogP contribution < -0.4 is 20.5 Å². The zero-order chi connectivity index (χ0) is 18.7. The molecule has 1 aliphatic rings. The lowest BCUT2D eigenvalue weighted by Crippen LogP contribution is -2.31. The molecular formula is C19H21F2N3O2. The Hall–Kier alpha value is -2.83. The average Bonchev–Trinajstić information content (AvgIpc) is 2.56. The van der Waals surface area contributed by atoms with Gasteiger partial charge in [-0.2, -0.15) is 0 Å². The number of hydrogen-bond acceptors (Lipinski definition) is 3. The van der Waals surface area contributed by atoms with Gasteiger partial charge in [0, 0.05) is 17.8 Å². The normalized spacial score (nSPS) is 19.6. The highest BCUT2D eigenvalue weighted by molar-refractivity contribution is 5.92. The fourth-order valence-electron chi connectivity index (χ4n) is 3.07. The van der Waals surface area contributed by atoms with Gasteiger partial charge in [0.05, 0.1) is 20.3 Å². The summed E-state index contributed by atoms with van der Waals surface area (Å²) in [5.74, 6) is 0.483. The second-order valence-electron chi connectivity index (χ2n) is 6.23. The summed E-state index contributed by atoms with van der Waals surface area (Å²) in [6.07, 6.45) is 1.41. The highest BCUT2D eigenvalue weighted by Gasteiger charge is 2.31. The van der Waals surface area contributed by atoms with E-state index in [-0.39, 0.29) is 17.9 Å². The molecule has 0 amide bonds. The molecule has 3 N–H and O–H groups in total. The Kier molecular flexibility index (Phi) is 5.25. The maximum Gasteiger partial charge on any atom is 0.193 e. The average molecular weight is 361 g/mol. The molecule has 3 rings (SSSR count). The van der Waals surface area contributed by atoms with Gasteiger partial charge in [0.15, 0.2) is 17.5 Å². The maximum atomic E-state index is 13.3. The fourth-order valence-corrected chi connectivity index (χ4v) is 3.07. The van der Waals surface area contributed by atoms with E-state index in [1.54, 1.807) is 26.4 Å². The van der Waals surface area contributed by atoms with E-state index in [1.807, 2.05) is 6.07 Å². The lowest BCUT2D eigenvalue weighted by Gasteiger charge is -2.33. The van der Waals surface area contributed by atoms with Gasteiger partial charge in [0.2, 0.25) is 0 Å². The second kappa shape index (κ2) is 7.59. The maximum absolute atomic E-state index is 13.3. The summed E-state index contributed by atoms with van der Waals surface area (Å²) in [5, 5.41) is 3.01. The van der Waals surface area contributed by atoms with Crippen molar-refractivity contribution < 1.29 is 18.3 Å². The van der Waals surface area contributed by atoms with Crippen molar-refractivity contribution in [2.45, 2.75) is 24.8 Å². The number of nitrogens with one attached hydrogen (secondary N) is 1. The summed E-state index contributed by atoms with van der Waals surface area (Å²) in [6.45, 7) is 0. The van der Waals surface area contributed by atoms with Crippen molar-refractivity contribution >= 4 is 11.6 Å². The molecule has 0 heterocycles. The van der Waals surface area contributed by atoms with Crippen molar-refractivity contribution in [2.75, 3.05) is 19.5 Å². The number of ether oxygens (including phenoxy) is 2.